The predicted molar refractivity (Wildman–Crippen MR) is 127 cm³/mol. The maximum Gasteiger partial charge on any atom is 0.343 e. The lowest BCUT2D eigenvalue weighted by Gasteiger charge is -2.12. The number of hydrogen-bond donors (Lipinski definition) is 2. The first-order valence-electron chi connectivity index (χ1n) is 10.8. The van der Waals surface area contributed by atoms with E-state index < -0.39 is 18.0 Å². The Morgan fingerprint density at radius 3 is 2.32 bits per heavy atom. The van der Waals surface area contributed by atoms with Gasteiger partial charge in [-0.15, -0.1) is 0 Å². The van der Waals surface area contributed by atoms with Gasteiger partial charge in [0.05, 0.1) is 25.0 Å². The van der Waals surface area contributed by atoms with E-state index in [1.54, 1.807) is 72.8 Å². The number of aliphatic hydroxyl groups is 1. The number of amides is 1. The highest BCUT2D eigenvalue weighted by atomic mass is 16.6. The maximum atomic E-state index is 12.5. The van der Waals surface area contributed by atoms with E-state index in [-0.39, 0.29) is 5.75 Å². The molecule has 0 aliphatic carbocycles. The van der Waals surface area contributed by atoms with E-state index >= 15 is 0 Å². The Morgan fingerprint density at radius 2 is 1.65 bits per heavy atom. The molecular formula is C26H26N2O6. The minimum absolute atomic E-state index is 0.251. The molecule has 8 heteroatoms. The first-order chi connectivity index (χ1) is 16.5. The summed E-state index contributed by atoms with van der Waals surface area (Å²) < 4.78 is 16.5. The Labute approximate surface area is 197 Å². The third-order valence-electron chi connectivity index (χ3n) is 4.62. The lowest BCUT2D eigenvalue weighted by molar-refractivity contribution is -0.129. The van der Waals surface area contributed by atoms with E-state index in [1.807, 2.05) is 13.8 Å². The number of nitrogens with zero attached hydrogens (tertiary/aromatic N) is 1. The van der Waals surface area contributed by atoms with Gasteiger partial charge in [-0.1, -0.05) is 30.3 Å². The Kier molecular flexibility index (Phi) is 8.76. The molecule has 0 aromatic heterocycles. The van der Waals surface area contributed by atoms with E-state index in [2.05, 4.69) is 10.5 Å². The van der Waals surface area contributed by atoms with Gasteiger partial charge >= 0.3 is 5.97 Å². The number of hydrogen-bond acceptors (Lipinski definition) is 7. The Hall–Kier alpha value is -4.17. The average Bonchev–Trinajstić information content (AvgIpc) is 2.86. The minimum Gasteiger partial charge on any atom is -0.494 e. The quantitative estimate of drug-likeness (QED) is 0.205. The van der Waals surface area contributed by atoms with Crippen molar-refractivity contribution in [1.29, 1.82) is 0 Å². The lowest BCUT2D eigenvalue weighted by atomic mass is 10.1. The lowest BCUT2D eigenvalue weighted by Crippen LogP contribution is -2.25. The van der Waals surface area contributed by atoms with Crippen molar-refractivity contribution in [3.8, 4) is 17.2 Å². The predicted octanol–water partition coefficient (Wildman–Crippen LogP) is 3.89. The fraction of sp³-hybridized carbons (Fsp3) is 0.192. The fourth-order valence-corrected chi connectivity index (χ4v) is 2.99. The Bertz CT molecular complexity index is 1130. The van der Waals surface area contributed by atoms with Crippen LogP contribution in [0.4, 0.5) is 0 Å². The van der Waals surface area contributed by atoms with E-state index in [1.165, 1.54) is 6.21 Å². The average molecular weight is 463 g/mol. The van der Waals surface area contributed by atoms with Crippen LogP contribution in [0.2, 0.25) is 0 Å². The Balaban J connectivity index is 1.66. The molecular weight excluding hydrogens is 436 g/mol. The summed E-state index contributed by atoms with van der Waals surface area (Å²) in [5, 5.41) is 14.0. The van der Waals surface area contributed by atoms with Crippen molar-refractivity contribution in [1.82, 2.24) is 5.43 Å². The molecule has 0 aliphatic heterocycles. The molecule has 8 nitrogen and oxygen atoms in total. The van der Waals surface area contributed by atoms with Gasteiger partial charge in [0.2, 0.25) is 0 Å². The van der Waals surface area contributed by atoms with Crippen molar-refractivity contribution >= 4 is 18.1 Å². The van der Waals surface area contributed by atoms with Crippen molar-refractivity contribution in [3.63, 3.8) is 0 Å². The zero-order valence-corrected chi connectivity index (χ0v) is 18.9. The van der Waals surface area contributed by atoms with E-state index in [9.17, 15) is 14.7 Å². The summed E-state index contributed by atoms with van der Waals surface area (Å²) >= 11 is 0. The van der Waals surface area contributed by atoms with Crippen LogP contribution < -0.4 is 19.6 Å². The van der Waals surface area contributed by atoms with Gasteiger partial charge in [-0.3, -0.25) is 4.79 Å². The van der Waals surface area contributed by atoms with Crippen LogP contribution in [0, 0.1) is 0 Å². The first kappa shape index (κ1) is 24.5. The number of nitrogens with one attached hydrogen (secondary N) is 1. The number of aliphatic hydroxyl groups excluding tert-OH is 1. The molecule has 176 valence electrons. The number of carbonyl (C=O) groups is 2. The summed E-state index contributed by atoms with van der Waals surface area (Å²) in [6.07, 6.45) is 0.0673. The summed E-state index contributed by atoms with van der Waals surface area (Å²) in [7, 11) is 0. The number of benzene rings is 3. The fourth-order valence-electron chi connectivity index (χ4n) is 2.99. The zero-order chi connectivity index (χ0) is 24.3. The second kappa shape index (κ2) is 12.2. The molecule has 3 aromatic carbocycles. The van der Waals surface area contributed by atoms with E-state index in [0.717, 1.165) is 0 Å². The van der Waals surface area contributed by atoms with Crippen LogP contribution in [0.5, 0.6) is 17.2 Å². The second-order valence-corrected chi connectivity index (χ2v) is 7.03. The summed E-state index contributed by atoms with van der Waals surface area (Å²) in [5.74, 6) is 0.0739. The second-order valence-electron chi connectivity index (χ2n) is 7.03. The van der Waals surface area contributed by atoms with Crippen LogP contribution in [-0.2, 0) is 4.79 Å². The van der Waals surface area contributed by atoms with Gasteiger partial charge in [-0.2, -0.15) is 5.10 Å². The Morgan fingerprint density at radius 1 is 0.941 bits per heavy atom. The molecule has 0 aliphatic rings. The standard InChI is InChI=1S/C26H26N2O6/c1-3-32-21-13-11-20(12-14-21)26(31)34-22-15-10-18(16-23(22)33-4-2)17-27-28-25(30)24(29)19-8-6-5-7-9-19/h5-17,24,29H,3-4H2,1-2H3,(H,28,30)/b27-17-/t24-/m1/s1. The molecule has 0 saturated carbocycles. The number of esters is 1. The van der Waals surface area contributed by atoms with Crippen molar-refractivity contribution in [3.05, 3.63) is 89.5 Å². The van der Waals surface area contributed by atoms with Gasteiger partial charge in [0.25, 0.3) is 5.91 Å². The summed E-state index contributed by atoms with van der Waals surface area (Å²) in [4.78, 5) is 24.6. The minimum atomic E-state index is -1.33. The van der Waals surface area contributed by atoms with E-state index in [0.29, 0.717) is 41.4 Å². The van der Waals surface area contributed by atoms with E-state index in [4.69, 9.17) is 14.2 Å². The monoisotopic (exact) mass is 462 g/mol. The smallest absolute Gasteiger partial charge is 0.343 e. The maximum absolute atomic E-state index is 12.5. The summed E-state index contributed by atoms with van der Waals surface area (Å²) in [6.45, 7) is 4.58. The molecule has 1 atom stereocenters. The van der Waals surface area contributed by atoms with Crippen molar-refractivity contribution in [2.45, 2.75) is 20.0 Å². The normalized spacial score (nSPS) is 11.6. The van der Waals surface area contributed by atoms with Gasteiger partial charge in [0.1, 0.15) is 5.75 Å². The van der Waals surface area contributed by atoms with Crippen LogP contribution in [0.1, 0.15) is 41.4 Å². The molecule has 0 saturated heterocycles. The molecule has 0 radical (unpaired) electrons. The SMILES string of the molecule is CCOc1ccc(C(=O)Oc2ccc(/C=N\NC(=O)[C@H](O)c3ccccc3)cc2OCC)cc1. The molecule has 0 heterocycles. The zero-order valence-electron chi connectivity index (χ0n) is 18.9. The van der Waals surface area contributed by atoms with Crippen molar-refractivity contribution in [2.75, 3.05) is 13.2 Å². The molecule has 1 amide bonds. The van der Waals surface area contributed by atoms with Gasteiger partial charge in [-0.05, 0) is 67.4 Å². The highest BCUT2D eigenvalue weighted by Gasteiger charge is 2.16. The molecule has 0 fully saturated rings. The highest BCUT2D eigenvalue weighted by molar-refractivity contribution is 5.92. The number of hydrazone groups is 1. The van der Waals surface area contributed by atoms with Crippen LogP contribution in [0.25, 0.3) is 0 Å². The number of ether oxygens (including phenoxy) is 3. The topological polar surface area (TPSA) is 106 Å². The summed E-state index contributed by atoms with van der Waals surface area (Å²) in [5.41, 5.74) is 3.74. The molecule has 2 N–H and O–H groups in total. The molecule has 3 rings (SSSR count). The molecule has 0 bridgehead atoms. The van der Waals surface area contributed by atoms with Crippen LogP contribution in [-0.4, -0.2) is 36.4 Å². The van der Waals surface area contributed by atoms with Crippen molar-refractivity contribution < 1.29 is 28.9 Å². The van der Waals surface area contributed by atoms with Crippen LogP contribution in [0.3, 0.4) is 0 Å². The molecule has 0 unspecified atom stereocenters. The molecule has 3 aromatic rings. The number of carbonyl (C=O) groups excluding carboxylic acids is 2. The summed E-state index contributed by atoms with van der Waals surface area (Å²) in [6, 6.07) is 20.1. The van der Waals surface area contributed by atoms with Gasteiger partial charge in [0.15, 0.2) is 17.6 Å². The third kappa shape index (κ3) is 6.66. The third-order valence-corrected chi connectivity index (χ3v) is 4.62. The van der Waals surface area contributed by atoms with Crippen LogP contribution in [0.15, 0.2) is 77.9 Å². The molecule has 0 spiro atoms. The highest BCUT2D eigenvalue weighted by Crippen LogP contribution is 2.29. The number of rotatable bonds is 10. The van der Waals surface area contributed by atoms with Gasteiger partial charge in [0, 0.05) is 0 Å². The largest absolute Gasteiger partial charge is 0.494 e. The van der Waals surface area contributed by atoms with Gasteiger partial charge < -0.3 is 19.3 Å². The first-order valence-corrected chi connectivity index (χ1v) is 10.8. The van der Waals surface area contributed by atoms with Gasteiger partial charge in [-0.25, -0.2) is 10.2 Å². The van der Waals surface area contributed by atoms with Crippen LogP contribution >= 0.6 is 0 Å². The molecule has 34 heavy (non-hydrogen) atoms. The van der Waals surface area contributed by atoms with Crippen molar-refractivity contribution in [2.24, 2.45) is 5.10 Å².